The van der Waals surface area contributed by atoms with Crippen molar-refractivity contribution < 1.29 is 0 Å². The van der Waals surface area contributed by atoms with Crippen LogP contribution in [0.25, 0.3) is 11.0 Å². The molecule has 0 fully saturated rings. The van der Waals surface area contributed by atoms with Crippen molar-refractivity contribution in [2.75, 3.05) is 5.32 Å². The summed E-state index contributed by atoms with van der Waals surface area (Å²) < 4.78 is 2.10. The van der Waals surface area contributed by atoms with Crippen LogP contribution in [0.4, 0.5) is 5.69 Å². The predicted molar refractivity (Wildman–Crippen MR) is 81.7 cm³/mol. The summed E-state index contributed by atoms with van der Waals surface area (Å²) in [7, 11) is 2.04. The van der Waals surface area contributed by atoms with Gasteiger partial charge >= 0.3 is 0 Å². The molecule has 1 aromatic carbocycles. The molecule has 0 spiro atoms. The van der Waals surface area contributed by atoms with Crippen molar-refractivity contribution in [1.82, 2.24) is 14.5 Å². The number of nitrogens with zero attached hydrogens (tertiary/aromatic N) is 3. The number of hydrogen-bond acceptors (Lipinski definition) is 3. The highest BCUT2D eigenvalue weighted by molar-refractivity contribution is 5.80. The molecule has 0 saturated carbocycles. The molecule has 0 unspecified atom stereocenters. The van der Waals surface area contributed by atoms with Crippen LogP contribution in [0.15, 0.2) is 42.6 Å². The van der Waals surface area contributed by atoms with E-state index in [-0.39, 0.29) is 6.04 Å². The average molecular weight is 266 g/mol. The number of hydrogen-bond donors (Lipinski definition) is 1. The molecular weight excluding hydrogens is 248 g/mol. The summed E-state index contributed by atoms with van der Waals surface area (Å²) in [6, 6.07) is 12.4. The lowest BCUT2D eigenvalue weighted by Crippen LogP contribution is -2.07. The molecule has 0 amide bonds. The first-order chi connectivity index (χ1) is 9.65. The summed E-state index contributed by atoms with van der Waals surface area (Å²) in [5, 5.41) is 3.47. The van der Waals surface area contributed by atoms with Crippen LogP contribution in [-0.2, 0) is 7.05 Å². The Labute approximate surface area is 118 Å². The SMILES string of the molecule is Cc1nc2cc(N[C@H](C)c3ccccn3)ccc2n1C. The zero-order chi connectivity index (χ0) is 14.1. The lowest BCUT2D eigenvalue weighted by atomic mass is 10.2. The van der Waals surface area contributed by atoms with Crippen molar-refractivity contribution in [3.63, 3.8) is 0 Å². The minimum absolute atomic E-state index is 0.165. The maximum Gasteiger partial charge on any atom is 0.106 e. The topological polar surface area (TPSA) is 42.7 Å². The molecule has 20 heavy (non-hydrogen) atoms. The second-order valence-electron chi connectivity index (χ2n) is 5.04. The fourth-order valence-electron chi connectivity index (χ4n) is 2.37. The molecule has 0 saturated heterocycles. The van der Waals surface area contributed by atoms with Gasteiger partial charge in [0.2, 0.25) is 0 Å². The molecule has 0 bridgehead atoms. The van der Waals surface area contributed by atoms with E-state index in [1.807, 2.05) is 38.4 Å². The van der Waals surface area contributed by atoms with Crippen molar-refractivity contribution in [1.29, 1.82) is 0 Å². The summed E-state index contributed by atoms with van der Waals surface area (Å²) in [4.78, 5) is 8.93. The third-order valence-corrected chi connectivity index (χ3v) is 3.62. The van der Waals surface area contributed by atoms with Gasteiger partial charge in [-0.05, 0) is 44.2 Å². The fraction of sp³-hybridized carbons (Fsp3) is 0.250. The van der Waals surface area contributed by atoms with E-state index in [0.717, 1.165) is 28.2 Å². The fourth-order valence-corrected chi connectivity index (χ4v) is 2.37. The third-order valence-electron chi connectivity index (χ3n) is 3.62. The van der Waals surface area contributed by atoms with Gasteiger partial charge in [0.15, 0.2) is 0 Å². The van der Waals surface area contributed by atoms with Gasteiger partial charge < -0.3 is 9.88 Å². The van der Waals surface area contributed by atoms with Crippen LogP contribution < -0.4 is 5.32 Å². The van der Waals surface area contributed by atoms with Crippen LogP contribution in [0.2, 0.25) is 0 Å². The van der Waals surface area contributed by atoms with E-state index < -0.39 is 0 Å². The third kappa shape index (κ3) is 2.25. The molecule has 1 N–H and O–H groups in total. The van der Waals surface area contributed by atoms with E-state index in [2.05, 4.69) is 45.0 Å². The second kappa shape index (κ2) is 4.96. The zero-order valence-electron chi connectivity index (χ0n) is 12.0. The van der Waals surface area contributed by atoms with Gasteiger partial charge in [0.1, 0.15) is 5.82 Å². The Morgan fingerprint density at radius 2 is 2.05 bits per heavy atom. The van der Waals surface area contributed by atoms with Crippen LogP contribution in [0, 0.1) is 6.92 Å². The quantitative estimate of drug-likeness (QED) is 0.789. The molecule has 102 valence electrons. The van der Waals surface area contributed by atoms with Gasteiger partial charge in [0, 0.05) is 18.9 Å². The Morgan fingerprint density at radius 3 is 2.80 bits per heavy atom. The highest BCUT2D eigenvalue weighted by Gasteiger charge is 2.08. The molecule has 2 heterocycles. The van der Waals surface area contributed by atoms with Gasteiger partial charge in [-0.1, -0.05) is 6.07 Å². The molecule has 3 rings (SSSR count). The maximum atomic E-state index is 4.56. The van der Waals surface area contributed by atoms with E-state index in [9.17, 15) is 0 Å². The minimum Gasteiger partial charge on any atom is -0.377 e. The van der Waals surface area contributed by atoms with Gasteiger partial charge in [-0.15, -0.1) is 0 Å². The summed E-state index contributed by atoms with van der Waals surface area (Å²) in [6.07, 6.45) is 1.82. The molecule has 4 heteroatoms. The number of pyridine rings is 1. The summed E-state index contributed by atoms with van der Waals surface area (Å²) in [6.45, 7) is 4.12. The molecule has 0 aliphatic heterocycles. The Balaban J connectivity index is 1.88. The first kappa shape index (κ1) is 12.7. The predicted octanol–water partition coefficient (Wildman–Crippen LogP) is 3.45. The van der Waals surface area contributed by atoms with Crippen LogP contribution in [0.5, 0.6) is 0 Å². The van der Waals surface area contributed by atoms with E-state index in [1.54, 1.807) is 0 Å². The van der Waals surface area contributed by atoms with Gasteiger partial charge in [0.25, 0.3) is 0 Å². The Bertz CT molecular complexity index is 731. The zero-order valence-corrected chi connectivity index (χ0v) is 12.0. The number of aryl methyl sites for hydroxylation is 2. The highest BCUT2D eigenvalue weighted by atomic mass is 15.1. The van der Waals surface area contributed by atoms with Crippen molar-refractivity contribution in [3.8, 4) is 0 Å². The average Bonchev–Trinajstić information content (AvgIpc) is 2.74. The van der Waals surface area contributed by atoms with Crippen molar-refractivity contribution in [3.05, 3.63) is 54.1 Å². The van der Waals surface area contributed by atoms with Crippen molar-refractivity contribution in [2.45, 2.75) is 19.9 Å². The molecule has 1 atom stereocenters. The first-order valence-electron chi connectivity index (χ1n) is 6.75. The number of rotatable bonds is 3. The van der Waals surface area contributed by atoms with E-state index >= 15 is 0 Å². The normalized spacial score (nSPS) is 12.6. The van der Waals surface area contributed by atoms with Crippen LogP contribution in [-0.4, -0.2) is 14.5 Å². The number of fused-ring (bicyclic) bond motifs is 1. The molecule has 3 aromatic rings. The minimum atomic E-state index is 0.165. The number of anilines is 1. The van der Waals surface area contributed by atoms with Crippen molar-refractivity contribution in [2.24, 2.45) is 7.05 Å². The van der Waals surface area contributed by atoms with Crippen LogP contribution >= 0.6 is 0 Å². The van der Waals surface area contributed by atoms with E-state index in [1.165, 1.54) is 0 Å². The van der Waals surface area contributed by atoms with Gasteiger partial charge in [-0.3, -0.25) is 4.98 Å². The van der Waals surface area contributed by atoms with Gasteiger partial charge in [-0.25, -0.2) is 4.98 Å². The van der Waals surface area contributed by atoms with Crippen LogP contribution in [0.3, 0.4) is 0 Å². The largest absolute Gasteiger partial charge is 0.377 e. The Hall–Kier alpha value is -2.36. The summed E-state index contributed by atoms with van der Waals surface area (Å²) in [5.74, 6) is 1.02. The molecule has 2 aromatic heterocycles. The number of aromatic nitrogens is 3. The molecule has 0 aliphatic rings. The van der Waals surface area contributed by atoms with E-state index in [4.69, 9.17) is 0 Å². The molecule has 4 nitrogen and oxygen atoms in total. The Morgan fingerprint density at radius 1 is 1.20 bits per heavy atom. The van der Waals surface area contributed by atoms with Gasteiger partial charge in [-0.2, -0.15) is 0 Å². The molecular formula is C16H18N4. The maximum absolute atomic E-state index is 4.56. The van der Waals surface area contributed by atoms with E-state index in [0.29, 0.717) is 0 Å². The standard InChI is InChI=1S/C16H18N4/c1-11(14-6-4-5-9-17-14)18-13-7-8-16-15(10-13)19-12(2)20(16)3/h4-11,18H,1-3H3/t11-/m1/s1. The molecule has 0 radical (unpaired) electrons. The second-order valence-corrected chi connectivity index (χ2v) is 5.04. The van der Waals surface area contributed by atoms with Gasteiger partial charge in [0.05, 0.1) is 22.8 Å². The lowest BCUT2D eigenvalue weighted by molar-refractivity contribution is 0.840. The monoisotopic (exact) mass is 266 g/mol. The number of benzene rings is 1. The summed E-state index contributed by atoms with van der Waals surface area (Å²) in [5.41, 5.74) is 4.26. The van der Waals surface area contributed by atoms with Crippen molar-refractivity contribution >= 4 is 16.7 Å². The summed E-state index contributed by atoms with van der Waals surface area (Å²) >= 11 is 0. The number of imidazole rings is 1. The van der Waals surface area contributed by atoms with Crippen LogP contribution in [0.1, 0.15) is 24.5 Å². The highest BCUT2D eigenvalue weighted by Crippen LogP contribution is 2.22. The number of nitrogens with one attached hydrogen (secondary N) is 1. The smallest absolute Gasteiger partial charge is 0.106 e. The molecule has 0 aliphatic carbocycles. The Kier molecular flexibility index (Phi) is 3.14. The first-order valence-corrected chi connectivity index (χ1v) is 6.75. The lowest BCUT2D eigenvalue weighted by Gasteiger charge is -2.14.